The lowest BCUT2D eigenvalue weighted by atomic mass is 9.92. The summed E-state index contributed by atoms with van der Waals surface area (Å²) in [7, 11) is 0. The van der Waals surface area contributed by atoms with Crippen LogP contribution >= 0.6 is 35.7 Å². The Morgan fingerprint density at radius 2 is 1.62 bits per heavy atom. The van der Waals surface area contributed by atoms with Crippen molar-refractivity contribution in [1.82, 2.24) is 0 Å². The first-order chi connectivity index (χ1) is 9.68. The molecule has 3 atom stereocenters. The van der Waals surface area contributed by atoms with Gasteiger partial charge in [-0.15, -0.1) is 11.8 Å². The molecule has 21 heavy (non-hydrogen) atoms. The monoisotopic (exact) mass is 354 g/mol. The quantitative estimate of drug-likeness (QED) is 0.537. The first-order valence-electron chi connectivity index (χ1n) is 6.20. The van der Waals surface area contributed by atoms with E-state index in [1.54, 1.807) is 0 Å². The molecule has 0 radical (unpaired) electrons. The minimum Gasteiger partial charge on any atom is -0.481 e. The Balaban J connectivity index is 4.83. The van der Waals surface area contributed by atoms with E-state index in [0.29, 0.717) is 9.28 Å². The third-order valence-electron chi connectivity index (χ3n) is 2.68. The molecule has 0 bridgehead atoms. The summed E-state index contributed by atoms with van der Waals surface area (Å²) in [6, 6.07) is 0. The second kappa shape index (κ2) is 10.0. The van der Waals surface area contributed by atoms with Crippen LogP contribution in [-0.4, -0.2) is 47.8 Å². The first-order valence-corrected chi connectivity index (χ1v) is 8.48. The van der Waals surface area contributed by atoms with Gasteiger partial charge in [-0.3, -0.25) is 14.4 Å². The highest BCUT2D eigenvalue weighted by atomic mass is 32.2. The second-order valence-electron chi connectivity index (χ2n) is 4.37. The van der Waals surface area contributed by atoms with Gasteiger partial charge in [-0.1, -0.05) is 37.8 Å². The predicted octanol–water partition coefficient (Wildman–Crippen LogP) is 2.41. The maximum absolute atomic E-state index is 11.2. The largest absolute Gasteiger partial charge is 0.481 e. The number of thioether (sulfide) groups is 2. The molecule has 0 heterocycles. The first kappa shape index (κ1) is 20.2. The molecule has 6 nitrogen and oxygen atoms in total. The van der Waals surface area contributed by atoms with Crippen LogP contribution < -0.4 is 0 Å². The van der Waals surface area contributed by atoms with Gasteiger partial charge in [-0.05, 0) is 18.6 Å². The smallest absolute Gasteiger partial charge is 0.317 e. The van der Waals surface area contributed by atoms with Crippen molar-refractivity contribution in [2.75, 3.05) is 5.75 Å². The van der Waals surface area contributed by atoms with Crippen molar-refractivity contribution < 1.29 is 29.7 Å². The van der Waals surface area contributed by atoms with Gasteiger partial charge in [0.25, 0.3) is 0 Å². The summed E-state index contributed by atoms with van der Waals surface area (Å²) in [5.74, 6) is -4.60. The highest BCUT2D eigenvalue weighted by molar-refractivity contribution is 8.47. The Morgan fingerprint density at radius 1 is 1.05 bits per heavy atom. The molecule has 0 saturated heterocycles. The zero-order chi connectivity index (χ0) is 16.6. The molecule has 0 spiro atoms. The molecular weight excluding hydrogens is 336 g/mol. The maximum Gasteiger partial charge on any atom is 0.317 e. The molecule has 0 saturated carbocycles. The van der Waals surface area contributed by atoms with Gasteiger partial charge in [0, 0.05) is 0 Å². The van der Waals surface area contributed by atoms with Crippen LogP contribution in [0.25, 0.3) is 0 Å². The number of carbonyl (C=O) groups is 3. The maximum atomic E-state index is 11.2. The van der Waals surface area contributed by atoms with Crippen molar-refractivity contribution in [3.8, 4) is 0 Å². The zero-order valence-corrected chi connectivity index (χ0v) is 14.1. The van der Waals surface area contributed by atoms with Crippen molar-refractivity contribution in [2.24, 2.45) is 11.8 Å². The van der Waals surface area contributed by atoms with E-state index in [9.17, 15) is 14.4 Å². The van der Waals surface area contributed by atoms with E-state index in [0.717, 1.165) is 11.8 Å². The molecule has 0 aromatic heterocycles. The molecular formula is C12H18O6S3. The lowest BCUT2D eigenvalue weighted by molar-refractivity contribution is -0.145. The predicted molar refractivity (Wildman–Crippen MR) is 86.9 cm³/mol. The van der Waals surface area contributed by atoms with E-state index >= 15 is 0 Å². The lowest BCUT2D eigenvalue weighted by Gasteiger charge is -2.19. The summed E-state index contributed by atoms with van der Waals surface area (Å²) in [6.45, 7) is 3.28. The lowest BCUT2D eigenvalue weighted by Crippen LogP contribution is -2.28. The van der Waals surface area contributed by atoms with Gasteiger partial charge < -0.3 is 15.3 Å². The standard InChI is InChI=1S/C12H18O6S3/c1-3-20-12(19)21-8(11(17)18)5-7(10(15)16)4-6(2)9(13)14/h6-8H,3-5H2,1-2H3,(H,13,14)(H,15,16)(H,17,18). The number of hydrogen-bond acceptors (Lipinski definition) is 6. The fourth-order valence-corrected chi connectivity index (χ4v) is 4.12. The van der Waals surface area contributed by atoms with Gasteiger partial charge in [-0.2, -0.15) is 0 Å². The number of rotatable bonds is 9. The zero-order valence-electron chi connectivity index (χ0n) is 11.6. The summed E-state index contributed by atoms with van der Waals surface area (Å²) in [4.78, 5) is 33.2. The molecule has 0 amide bonds. The molecule has 0 rings (SSSR count). The summed E-state index contributed by atoms with van der Waals surface area (Å²) in [6.07, 6.45) is -0.264. The number of thiocarbonyl (C=S) groups is 1. The highest BCUT2D eigenvalue weighted by Crippen LogP contribution is 2.29. The van der Waals surface area contributed by atoms with Crippen molar-refractivity contribution in [3.05, 3.63) is 0 Å². The Morgan fingerprint density at radius 3 is 2.00 bits per heavy atom. The van der Waals surface area contributed by atoms with Crippen LogP contribution in [0.3, 0.4) is 0 Å². The van der Waals surface area contributed by atoms with Crippen molar-refractivity contribution in [1.29, 1.82) is 0 Å². The topological polar surface area (TPSA) is 112 Å². The Labute approximate surface area is 136 Å². The molecule has 120 valence electrons. The molecule has 3 unspecified atom stereocenters. The normalized spacial score (nSPS) is 15.0. The van der Waals surface area contributed by atoms with Crippen LogP contribution in [0.2, 0.25) is 0 Å². The third kappa shape index (κ3) is 8.27. The van der Waals surface area contributed by atoms with Crippen LogP contribution in [-0.2, 0) is 14.4 Å². The minimum absolute atomic E-state index is 0.108. The number of aliphatic carboxylic acids is 3. The Bertz CT molecular complexity index is 412. The van der Waals surface area contributed by atoms with Crippen LogP contribution in [0.1, 0.15) is 26.7 Å². The molecule has 0 aliphatic carbocycles. The van der Waals surface area contributed by atoms with E-state index in [-0.39, 0.29) is 12.8 Å². The third-order valence-corrected chi connectivity index (χ3v) is 5.36. The van der Waals surface area contributed by atoms with Gasteiger partial charge in [-0.25, -0.2) is 0 Å². The molecule has 0 aromatic rings. The molecule has 0 fully saturated rings. The molecule has 0 aliphatic heterocycles. The van der Waals surface area contributed by atoms with E-state index in [1.165, 1.54) is 18.7 Å². The number of carboxylic acid groups (broad SMARTS) is 3. The summed E-state index contributed by atoms with van der Waals surface area (Å²) in [5.41, 5.74) is 0. The van der Waals surface area contributed by atoms with E-state index in [2.05, 4.69) is 0 Å². The second-order valence-corrected chi connectivity index (χ2v) is 8.04. The van der Waals surface area contributed by atoms with E-state index in [1.807, 2.05) is 6.92 Å². The molecule has 0 aliphatic rings. The Kier molecular flexibility index (Phi) is 9.63. The summed E-state index contributed by atoms with van der Waals surface area (Å²) >= 11 is 7.28. The van der Waals surface area contributed by atoms with Crippen molar-refractivity contribution in [3.63, 3.8) is 0 Å². The number of hydrogen-bond donors (Lipinski definition) is 3. The summed E-state index contributed by atoms with van der Waals surface area (Å²) in [5, 5.41) is 26.1. The summed E-state index contributed by atoms with van der Waals surface area (Å²) < 4.78 is 0.445. The SMILES string of the molecule is CCSC(=S)SC(CC(CC(C)C(=O)O)C(=O)O)C(=O)O. The van der Waals surface area contributed by atoms with Gasteiger partial charge in [0.2, 0.25) is 0 Å². The fourth-order valence-electron chi connectivity index (χ4n) is 1.55. The van der Waals surface area contributed by atoms with E-state index in [4.69, 9.17) is 27.5 Å². The van der Waals surface area contributed by atoms with Crippen molar-refractivity contribution in [2.45, 2.75) is 31.9 Å². The van der Waals surface area contributed by atoms with Gasteiger partial charge in [0.05, 0.1) is 11.8 Å². The molecule has 9 heteroatoms. The van der Waals surface area contributed by atoms with Crippen LogP contribution in [0.15, 0.2) is 0 Å². The van der Waals surface area contributed by atoms with Crippen molar-refractivity contribution >= 4 is 57.2 Å². The van der Waals surface area contributed by atoms with Crippen LogP contribution in [0.4, 0.5) is 0 Å². The van der Waals surface area contributed by atoms with Crippen LogP contribution in [0.5, 0.6) is 0 Å². The minimum atomic E-state index is -1.19. The number of carboxylic acids is 3. The van der Waals surface area contributed by atoms with Crippen LogP contribution in [0, 0.1) is 11.8 Å². The molecule has 3 N–H and O–H groups in total. The highest BCUT2D eigenvalue weighted by Gasteiger charge is 2.31. The van der Waals surface area contributed by atoms with E-state index < -0.39 is 35.0 Å². The van der Waals surface area contributed by atoms with Gasteiger partial charge in [0.1, 0.15) is 8.78 Å². The van der Waals surface area contributed by atoms with Gasteiger partial charge in [0.15, 0.2) is 0 Å². The fraction of sp³-hybridized carbons (Fsp3) is 0.667. The molecule has 0 aromatic carbocycles. The average molecular weight is 354 g/mol. The van der Waals surface area contributed by atoms with Gasteiger partial charge >= 0.3 is 17.9 Å². The Hall–Kier alpha value is -0.800. The average Bonchev–Trinajstić information content (AvgIpc) is 2.36.